The molecule has 18 heavy (non-hydrogen) atoms. The van der Waals surface area contributed by atoms with Crippen molar-refractivity contribution < 1.29 is 14.0 Å². The molecule has 0 saturated heterocycles. The maximum absolute atomic E-state index is 5.52. The normalized spacial score (nSPS) is 14.0. The van der Waals surface area contributed by atoms with Crippen LogP contribution in [0, 0.1) is 0 Å². The quantitative estimate of drug-likeness (QED) is 0.707. The monoisotopic (exact) mass is 243 g/mol. The standard InChI is InChI=1S/C12H9N3O3/c1-2-18-15-7(1)12-13-8-5-10-11(6-9(8)14-12)17-4-3-16-10/h1-2,5-6H,3-4H2,(H,13,14). The summed E-state index contributed by atoms with van der Waals surface area (Å²) in [7, 11) is 0. The van der Waals surface area contributed by atoms with E-state index in [0.717, 1.165) is 22.5 Å². The molecule has 2 aromatic heterocycles. The fraction of sp³-hybridized carbons (Fsp3) is 0.167. The second-order valence-electron chi connectivity index (χ2n) is 3.98. The molecule has 6 heteroatoms. The molecule has 4 rings (SSSR count). The van der Waals surface area contributed by atoms with Gasteiger partial charge in [0.05, 0.1) is 11.0 Å². The average molecular weight is 243 g/mol. The van der Waals surface area contributed by atoms with Crippen molar-refractivity contribution in [2.24, 2.45) is 0 Å². The Balaban J connectivity index is 1.90. The van der Waals surface area contributed by atoms with Gasteiger partial charge >= 0.3 is 0 Å². The van der Waals surface area contributed by atoms with Gasteiger partial charge in [-0.05, 0) is 0 Å². The van der Waals surface area contributed by atoms with Crippen molar-refractivity contribution in [1.29, 1.82) is 0 Å². The molecule has 90 valence electrons. The number of rotatable bonds is 1. The number of benzene rings is 1. The van der Waals surface area contributed by atoms with Gasteiger partial charge in [0.2, 0.25) is 0 Å². The number of H-pyrrole nitrogens is 1. The van der Waals surface area contributed by atoms with Crippen molar-refractivity contribution >= 4 is 11.0 Å². The lowest BCUT2D eigenvalue weighted by atomic mass is 10.2. The third-order valence-electron chi connectivity index (χ3n) is 2.83. The first-order chi connectivity index (χ1) is 8.90. The minimum Gasteiger partial charge on any atom is -0.486 e. The Morgan fingerprint density at radius 1 is 1.11 bits per heavy atom. The number of fused-ring (bicyclic) bond motifs is 2. The van der Waals surface area contributed by atoms with Crippen LogP contribution in [-0.4, -0.2) is 28.3 Å². The van der Waals surface area contributed by atoms with Crippen LogP contribution in [0.5, 0.6) is 11.5 Å². The fourth-order valence-corrected chi connectivity index (χ4v) is 2.00. The minimum absolute atomic E-state index is 0.569. The van der Waals surface area contributed by atoms with E-state index in [2.05, 4.69) is 15.1 Å². The molecular formula is C12H9N3O3. The van der Waals surface area contributed by atoms with Gasteiger partial charge in [-0.1, -0.05) is 5.16 Å². The number of nitrogens with one attached hydrogen (secondary N) is 1. The van der Waals surface area contributed by atoms with E-state index >= 15 is 0 Å². The SMILES string of the molecule is c1cc(-c2nc3cc4c(cc3[nH]2)OCCO4)no1. The molecule has 1 aromatic carbocycles. The molecule has 1 aliphatic rings. The van der Waals surface area contributed by atoms with Crippen LogP contribution in [-0.2, 0) is 0 Å². The number of ether oxygens (including phenoxy) is 2. The molecular weight excluding hydrogens is 234 g/mol. The molecule has 0 atom stereocenters. The van der Waals surface area contributed by atoms with Crippen LogP contribution < -0.4 is 9.47 Å². The van der Waals surface area contributed by atoms with Crippen molar-refractivity contribution in [3.63, 3.8) is 0 Å². The summed E-state index contributed by atoms with van der Waals surface area (Å²) in [6.07, 6.45) is 1.51. The van der Waals surface area contributed by atoms with Crippen LogP contribution in [0.4, 0.5) is 0 Å². The molecule has 0 bridgehead atoms. The summed E-state index contributed by atoms with van der Waals surface area (Å²) >= 11 is 0. The van der Waals surface area contributed by atoms with Gasteiger partial charge in [-0.3, -0.25) is 0 Å². The summed E-state index contributed by atoms with van der Waals surface area (Å²) in [5.41, 5.74) is 2.38. The molecule has 0 saturated carbocycles. The van der Waals surface area contributed by atoms with E-state index in [-0.39, 0.29) is 0 Å². The fourth-order valence-electron chi connectivity index (χ4n) is 2.00. The van der Waals surface area contributed by atoms with Crippen LogP contribution in [0.25, 0.3) is 22.6 Å². The van der Waals surface area contributed by atoms with Crippen molar-refractivity contribution in [2.45, 2.75) is 0 Å². The van der Waals surface area contributed by atoms with E-state index in [0.29, 0.717) is 24.7 Å². The van der Waals surface area contributed by atoms with Crippen LogP contribution in [0.15, 0.2) is 29.0 Å². The van der Waals surface area contributed by atoms with E-state index in [1.807, 2.05) is 12.1 Å². The minimum atomic E-state index is 0.569. The van der Waals surface area contributed by atoms with Crippen molar-refractivity contribution in [3.8, 4) is 23.0 Å². The van der Waals surface area contributed by atoms with Crippen LogP contribution >= 0.6 is 0 Å². The number of aromatic nitrogens is 3. The largest absolute Gasteiger partial charge is 0.486 e. The van der Waals surface area contributed by atoms with Gasteiger partial charge < -0.3 is 19.0 Å². The number of hydrogen-bond acceptors (Lipinski definition) is 5. The third kappa shape index (κ3) is 1.35. The Hall–Kier alpha value is -2.50. The summed E-state index contributed by atoms with van der Waals surface area (Å²) < 4.78 is 15.8. The van der Waals surface area contributed by atoms with Gasteiger partial charge in [-0.2, -0.15) is 0 Å². The average Bonchev–Trinajstić information content (AvgIpc) is 3.04. The second-order valence-corrected chi connectivity index (χ2v) is 3.98. The van der Waals surface area contributed by atoms with Gasteiger partial charge in [0.1, 0.15) is 25.2 Å². The predicted molar refractivity (Wildman–Crippen MR) is 62.6 cm³/mol. The number of nitrogens with zero attached hydrogens (tertiary/aromatic N) is 2. The van der Waals surface area contributed by atoms with Gasteiger partial charge in [0, 0.05) is 18.2 Å². The lowest BCUT2D eigenvalue weighted by molar-refractivity contribution is 0.172. The zero-order chi connectivity index (χ0) is 11.9. The van der Waals surface area contributed by atoms with E-state index in [4.69, 9.17) is 14.0 Å². The Morgan fingerprint density at radius 2 is 1.94 bits per heavy atom. The zero-order valence-electron chi connectivity index (χ0n) is 9.34. The predicted octanol–water partition coefficient (Wildman–Crippen LogP) is 1.99. The topological polar surface area (TPSA) is 73.2 Å². The molecule has 0 unspecified atom stereocenters. The molecule has 1 N–H and O–H groups in total. The van der Waals surface area contributed by atoms with E-state index in [9.17, 15) is 0 Å². The lowest BCUT2D eigenvalue weighted by Crippen LogP contribution is -2.15. The number of imidazole rings is 1. The van der Waals surface area contributed by atoms with Gasteiger partial charge in [0.25, 0.3) is 0 Å². The zero-order valence-corrected chi connectivity index (χ0v) is 9.34. The number of aromatic amines is 1. The Bertz CT molecular complexity index is 660. The first-order valence-corrected chi connectivity index (χ1v) is 5.60. The highest BCUT2D eigenvalue weighted by molar-refractivity contribution is 5.82. The molecule has 0 spiro atoms. The Labute approximate surface area is 102 Å². The van der Waals surface area contributed by atoms with Crippen molar-refractivity contribution in [3.05, 3.63) is 24.5 Å². The molecule has 3 aromatic rings. The van der Waals surface area contributed by atoms with Crippen LogP contribution in [0.2, 0.25) is 0 Å². The molecule has 0 radical (unpaired) electrons. The van der Waals surface area contributed by atoms with E-state index in [1.165, 1.54) is 6.26 Å². The lowest BCUT2D eigenvalue weighted by Gasteiger charge is -2.17. The number of hydrogen-bond donors (Lipinski definition) is 1. The van der Waals surface area contributed by atoms with Crippen LogP contribution in [0.1, 0.15) is 0 Å². The maximum atomic E-state index is 5.52. The highest BCUT2D eigenvalue weighted by Crippen LogP contribution is 2.34. The van der Waals surface area contributed by atoms with Gasteiger partial charge in [-0.15, -0.1) is 0 Å². The summed E-state index contributed by atoms with van der Waals surface area (Å²) in [5, 5.41) is 3.85. The first kappa shape index (κ1) is 9.52. The molecule has 3 heterocycles. The van der Waals surface area contributed by atoms with Crippen molar-refractivity contribution in [2.75, 3.05) is 13.2 Å². The summed E-state index contributed by atoms with van der Waals surface area (Å²) in [6, 6.07) is 5.51. The molecule has 6 nitrogen and oxygen atoms in total. The third-order valence-corrected chi connectivity index (χ3v) is 2.83. The molecule has 0 aliphatic carbocycles. The summed E-state index contributed by atoms with van der Waals surface area (Å²) in [6.45, 7) is 1.14. The molecule has 0 amide bonds. The van der Waals surface area contributed by atoms with Crippen molar-refractivity contribution in [1.82, 2.24) is 15.1 Å². The van der Waals surface area contributed by atoms with Gasteiger partial charge in [-0.25, -0.2) is 4.98 Å². The highest BCUT2D eigenvalue weighted by Gasteiger charge is 2.15. The van der Waals surface area contributed by atoms with Crippen LogP contribution in [0.3, 0.4) is 0 Å². The highest BCUT2D eigenvalue weighted by atomic mass is 16.6. The van der Waals surface area contributed by atoms with E-state index in [1.54, 1.807) is 6.07 Å². The molecule has 1 aliphatic heterocycles. The van der Waals surface area contributed by atoms with E-state index < -0.39 is 0 Å². The summed E-state index contributed by atoms with van der Waals surface area (Å²) in [4.78, 5) is 7.63. The first-order valence-electron chi connectivity index (χ1n) is 5.60. The second kappa shape index (κ2) is 3.49. The summed E-state index contributed by atoms with van der Waals surface area (Å²) in [5.74, 6) is 2.14. The Morgan fingerprint density at radius 3 is 2.72 bits per heavy atom. The Kier molecular flexibility index (Phi) is 1.85. The maximum Gasteiger partial charge on any atom is 0.163 e. The molecule has 0 fully saturated rings. The van der Waals surface area contributed by atoms with Gasteiger partial charge in [0.15, 0.2) is 17.3 Å². The smallest absolute Gasteiger partial charge is 0.163 e.